The van der Waals surface area contributed by atoms with E-state index < -0.39 is 5.97 Å². The van der Waals surface area contributed by atoms with Crippen LogP contribution in [0.1, 0.15) is 35.4 Å². The van der Waals surface area contributed by atoms with Crippen LogP contribution < -0.4 is 5.32 Å². The zero-order chi connectivity index (χ0) is 12.7. The summed E-state index contributed by atoms with van der Waals surface area (Å²) in [5, 5.41) is 16.8. The van der Waals surface area contributed by atoms with E-state index in [4.69, 9.17) is 5.11 Å². The summed E-state index contributed by atoms with van der Waals surface area (Å²) in [6.07, 6.45) is 3.54. The average Bonchev–Trinajstić information content (AvgIpc) is 2.58. The Morgan fingerprint density at radius 3 is 2.89 bits per heavy atom. The van der Waals surface area contributed by atoms with Crippen molar-refractivity contribution in [3.05, 3.63) is 23.5 Å². The van der Waals surface area contributed by atoms with Crippen LogP contribution in [0.15, 0.2) is 12.1 Å². The van der Waals surface area contributed by atoms with Crippen LogP contribution in [0.5, 0.6) is 0 Å². The smallest absolute Gasteiger partial charge is 0.356 e. The topological polar surface area (TPSA) is 79.5 Å². The molecule has 0 radical (unpaired) electrons. The first-order chi connectivity index (χ1) is 8.65. The summed E-state index contributed by atoms with van der Waals surface area (Å²) in [4.78, 5) is 15.4. The number of hydrogen-bond acceptors (Lipinski definition) is 4. The van der Waals surface area contributed by atoms with E-state index in [1.807, 2.05) is 6.07 Å². The molecule has 6 nitrogen and oxygen atoms in total. The van der Waals surface area contributed by atoms with E-state index >= 15 is 0 Å². The number of aryl methyl sites for hydroxylation is 1. The molecule has 2 aromatic heterocycles. The van der Waals surface area contributed by atoms with Gasteiger partial charge in [-0.3, -0.25) is 0 Å². The number of nitrogens with zero attached hydrogens (tertiary/aromatic N) is 3. The highest BCUT2D eigenvalue weighted by Crippen LogP contribution is 2.22. The first-order valence-electron chi connectivity index (χ1n) is 6.01. The van der Waals surface area contributed by atoms with E-state index in [0.717, 1.165) is 12.8 Å². The van der Waals surface area contributed by atoms with Crippen molar-refractivity contribution in [1.82, 2.24) is 14.6 Å². The van der Waals surface area contributed by atoms with Gasteiger partial charge in [0.25, 0.3) is 0 Å². The van der Waals surface area contributed by atoms with Crippen LogP contribution in [0.3, 0.4) is 0 Å². The van der Waals surface area contributed by atoms with Crippen LogP contribution in [0.25, 0.3) is 5.65 Å². The summed E-state index contributed by atoms with van der Waals surface area (Å²) < 4.78 is 1.39. The monoisotopic (exact) mass is 246 g/mol. The summed E-state index contributed by atoms with van der Waals surface area (Å²) in [5.41, 5.74) is 1.17. The SMILES string of the molecule is Cc1nc2ccc(NC3CCC3)nn2c1C(=O)O. The molecule has 2 aromatic rings. The molecule has 1 saturated carbocycles. The highest BCUT2D eigenvalue weighted by atomic mass is 16.4. The lowest BCUT2D eigenvalue weighted by molar-refractivity contribution is 0.0687. The number of fused-ring (bicyclic) bond motifs is 1. The summed E-state index contributed by atoms with van der Waals surface area (Å²) in [7, 11) is 0. The largest absolute Gasteiger partial charge is 0.476 e. The summed E-state index contributed by atoms with van der Waals surface area (Å²) >= 11 is 0. The Kier molecular flexibility index (Phi) is 2.43. The van der Waals surface area contributed by atoms with Crippen molar-refractivity contribution in [2.45, 2.75) is 32.2 Å². The number of carboxylic acid groups (broad SMARTS) is 1. The molecule has 1 aliphatic rings. The Bertz CT molecular complexity index is 616. The van der Waals surface area contributed by atoms with E-state index in [9.17, 15) is 4.79 Å². The van der Waals surface area contributed by atoms with Gasteiger partial charge >= 0.3 is 5.97 Å². The van der Waals surface area contributed by atoms with Crippen molar-refractivity contribution < 1.29 is 9.90 Å². The van der Waals surface area contributed by atoms with Gasteiger partial charge in [0, 0.05) is 6.04 Å². The Hall–Kier alpha value is -2.11. The maximum absolute atomic E-state index is 11.2. The molecule has 1 fully saturated rings. The number of aromatic nitrogens is 3. The molecule has 0 unspecified atom stereocenters. The van der Waals surface area contributed by atoms with Gasteiger partial charge in [0.1, 0.15) is 5.82 Å². The van der Waals surface area contributed by atoms with Crippen LogP contribution in [-0.2, 0) is 0 Å². The average molecular weight is 246 g/mol. The Labute approximate surface area is 104 Å². The molecule has 0 aromatic carbocycles. The summed E-state index contributed by atoms with van der Waals surface area (Å²) in [6, 6.07) is 4.09. The normalized spacial score (nSPS) is 15.6. The molecule has 0 bridgehead atoms. The molecule has 0 spiro atoms. The fourth-order valence-electron chi connectivity index (χ4n) is 2.13. The number of anilines is 1. The van der Waals surface area contributed by atoms with E-state index in [1.54, 1.807) is 13.0 Å². The van der Waals surface area contributed by atoms with Gasteiger partial charge in [-0.05, 0) is 38.3 Å². The maximum atomic E-state index is 11.2. The molecule has 0 saturated heterocycles. The fraction of sp³-hybridized carbons (Fsp3) is 0.417. The number of nitrogens with one attached hydrogen (secondary N) is 1. The van der Waals surface area contributed by atoms with Gasteiger partial charge < -0.3 is 10.4 Å². The maximum Gasteiger partial charge on any atom is 0.356 e. The zero-order valence-corrected chi connectivity index (χ0v) is 10.1. The molecule has 0 amide bonds. The van der Waals surface area contributed by atoms with Gasteiger partial charge in [0.05, 0.1) is 5.69 Å². The number of carboxylic acids is 1. The number of hydrogen-bond donors (Lipinski definition) is 2. The molecule has 3 rings (SSSR count). The van der Waals surface area contributed by atoms with Crippen LogP contribution >= 0.6 is 0 Å². The van der Waals surface area contributed by atoms with Gasteiger partial charge in [-0.2, -0.15) is 0 Å². The molecule has 0 aliphatic heterocycles. The molecule has 2 heterocycles. The standard InChI is InChI=1S/C12H14N4O2/c1-7-11(12(17)18)16-10(13-7)6-5-9(15-16)14-8-3-2-4-8/h5-6,8H,2-4H2,1H3,(H,14,15)(H,17,18). The lowest BCUT2D eigenvalue weighted by atomic mass is 9.93. The van der Waals surface area contributed by atoms with Gasteiger partial charge in [0.2, 0.25) is 0 Å². The number of carbonyl (C=O) groups is 1. The highest BCUT2D eigenvalue weighted by Gasteiger charge is 2.19. The number of imidazole rings is 1. The lowest BCUT2D eigenvalue weighted by Crippen LogP contribution is -2.27. The summed E-state index contributed by atoms with van der Waals surface area (Å²) in [6.45, 7) is 1.68. The van der Waals surface area contributed by atoms with Gasteiger partial charge in [-0.1, -0.05) is 0 Å². The minimum Gasteiger partial charge on any atom is -0.476 e. The van der Waals surface area contributed by atoms with Gasteiger partial charge in [-0.25, -0.2) is 14.3 Å². The van der Waals surface area contributed by atoms with E-state index in [-0.39, 0.29) is 5.69 Å². The van der Waals surface area contributed by atoms with Crippen molar-refractivity contribution in [1.29, 1.82) is 0 Å². The minimum absolute atomic E-state index is 0.127. The number of aromatic carboxylic acids is 1. The summed E-state index contributed by atoms with van der Waals surface area (Å²) in [5.74, 6) is -0.305. The fourth-order valence-corrected chi connectivity index (χ4v) is 2.13. The molecule has 6 heteroatoms. The molecule has 18 heavy (non-hydrogen) atoms. The molecular formula is C12H14N4O2. The van der Waals surface area contributed by atoms with E-state index in [0.29, 0.717) is 23.2 Å². The van der Waals surface area contributed by atoms with Crippen molar-refractivity contribution in [3.8, 4) is 0 Å². The highest BCUT2D eigenvalue weighted by molar-refractivity contribution is 5.88. The van der Waals surface area contributed by atoms with Crippen LogP contribution in [0, 0.1) is 6.92 Å². The van der Waals surface area contributed by atoms with Crippen LogP contribution in [0.4, 0.5) is 5.82 Å². The third-order valence-electron chi connectivity index (χ3n) is 3.31. The van der Waals surface area contributed by atoms with Gasteiger partial charge in [-0.15, -0.1) is 5.10 Å². The first kappa shape index (κ1) is 11.0. The van der Waals surface area contributed by atoms with Crippen molar-refractivity contribution in [2.75, 3.05) is 5.32 Å². The lowest BCUT2D eigenvalue weighted by Gasteiger charge is -2.26. The van der Waals surface area contributed by atoms with Crippen molar-refractivity contribution >= 4 is 17.4 Å². The van der Waals surface area contributed by atoms with E-state index in [2.05, 4.69) is 15.4 Å². The van der Waals surface area contributed by atoms with Crippen molar-refractivity contribution in [3.63, 3.8) is 0 Å². The second kappa shape index (κ2) is 3.97. The first-order valence-corrected chi connectivity index (χ1v) is 6.01. The molecule has 1 aliphatic carbocycles. The number of rotatable bonds is 3. The molecule has 2 N–H and O–H groups in total. The second-order valence-electron chi connectivity index (χ2n) is 4.61. The predicted octanol–water partition coefficient (Wildman–Crippen LogP) is 1.70. The minimum atomic E-state index is -1.01. The Balaban J connectivity index is 2.03. The van der Waals surface area contributed by atoms with Crippen LogP contribution in [0.2, 0.25) is 0 Å². The Morgan fingerprint density at radius 1 is 1.50 bits per heavy atom. The van der Waals surface area contributed by atoms with E-state index in [1.165, 1.54) is 10.9 Å². The molecule has 0 atom stereocenters. The Morgan fingerprint density at radius 2 is 2.28 bits per heavy atom. The molecular weight excluding hydrogens is 232 g/mol. The zero-order valence-electron chi connectivity index (χ0n) is 10.1. The second-order valence-corrected chi connectivity index (χ2v) is 4.61. The van der Waals surface area contributed by atoms with Gasteiger partial charge in [0.15, 0.2) is 11.3 Å². The van der Waals surface area contributed by atoms with Crippen molar-refractivity contribution in [2.24, 2.45) is 0 Å². The third kappa shape index (κ3) is 1.70. The van der Waals surface area contributed by atoms with Crippen LogP contribution in [-0.4, -0.2) is 31.7 Å². The quantitative estimate of drug-likeness (QED) is 0.861. The third-order valence-corrected chi connectivity index (χ3v) is 3.31. The molecule has 94 valence electrons. The predicted molar refractivity (Wildman–Crippen MR) is 65.9 cm³/mol.